The summed E-state index contributed by atoms with van der Waals surface area (Å²) in [7, 11) is -2.02. The Morgan fingerprint density at radius 3 is 2.39 bits per heavy atom. The normalized spacial score (nSPS) is 20.6. The van der Waals surface area contributed by atoms with Crippen LogP contribution in [0, 0.1) is 5.92 Å². The Kier molecular flexibility index (Phi) is 8.44. The van der Waals surface area contributed by atoms with Crippen LogP contribution in [0.3, 0.4) is 0 Å². The van der Waals surface area contributed by atoms with E-state index in [-0.39, 0.29) is 33.9 Å². The Hall–Kier alpha value is -2.54. The van der Waals surface area contributed by atoms with Gasteiger partial charge in [-0.3, -0.25) is 14.2 Å². The number of anilines is 2. The molecule has 1 saturated heterocycles. The number of nitrogens with zero attached hydrogens (tertiary/aromatic N) is 2. The first kappa shape index (κ1) is 28.0. The summed E-state index contributed by atoms with van der Waals surface area (Å²) in [6.07, 6.45) is -3.13. The van der Waals surface area contributed by atoms with Crippen molar-refractivity contribution in [1.29, 1.82) is 0 Å². The molecule has 0 saturated carbocycles. The molecule has 1 aliphatic rings. The van der Waals surface area contributed by atoms with Gasteiger partial charge in [-0.25, -0.2) is 0 Å². The summed E-state index contributed by atoms with van der Waals surface area (Å²) in [6.45, 7) is 1.90. The second-order valence-corrected chi connectivity index (χ2v) is 11.3. The number of alkyl halides is 3. The number of rotatable bonds is 8. The fourth-order valence-corrected chi connectivity index (χ4v) is 5.33. The molecule has 0 amide bonds. The molecule has 0 unspecified atom stereocenters. The summed E-state index contributed by atoms with van der Waals surface area (Å²) in [6, 6.07) is 11.2. The van der Waals surface area contributed by atoms with Gasteiger partial charge < -0.3 is 10.2 Å². The van der Waals surface area contributed by atoms with Crippen molar-refractivity contribution < 1.29 is 35.4 Å². The van der Waals surface area contributed by atoms with Gasteiger partial charge in [0.15, 0.2) is 10.9 Å². The average molecular weight is 545 g/mol. The molecule has 0 bridgehead atoms. The van der Waals surface area contributed by atoms with Crippen molar-refractivity contribution in [2.24, 2.45) is 11.7 Å². The van der Waals surface area contributed by atoms with Crippen molar-refractivity contribution in [2.45, 2.75) is 25.4 Å². The third kappa shape index (κ3) is 7.02. The van der Waals surface area contributed by atoms with E-state index in [1.807, 2.05) is 7.05 Å². The maximum Gasteiger partial charge on any atom is 0.418 e. The standard InChI is InChI=1S/C24H28F3N3O4S2/c1-30(12-5-15-36(32,33)34)13-10-17(11-14-30)22(31)18-6-4-7-19(16-18)29(23(28)35)21-9-3-2-8-20(21)24(25,26)27/h2-4,6-9,16-17H,5,10-15H2,1H3,(H2-,28,32,33,34,35)/p+1. The number of quaternary nitrogens is 1. The van der Waals surface area contributed by atoms with Gasteiger partial charge in [0, 0.05) is 36.4 Å². The van der Waals surface area contributed by atoms with Gasteiger partial charge in [-0.1, -0.05) is 24.3 Å². The number of hydrogen-bond donors (Lipinski definition) is 2. The van der Waals surface area contributed by atoms with Gasteiger partial charge in [0.1, 0.15) is 0 Å². The zero-order valence-corrected chi connectivity index (χ0v) is 21.4. The van der Waals surface area contributed by atoms with Crippen LogP contribution in [0.15, 0.2) is 48.5 Å². The Labute approximate surface area is 214 Å². The number of thiocarbonyl (C=S) groups is 1. The van der Waals surface area contributed by atoms with E-state index in [0.29, 0.717) is 48.9 Å². The van der Waals surface area contributed by atoms with E-state index in [1.165, 1.54) is 24.3 Å². The molecular weight excluding hydrogens is 515 g/mol. The number of benzene rings is 2. The molecule has 196 valence electrons. The van der Waals surface area contributed by atoms with Crippen LogP contribution in [0.2, 0.25) is 0 Å². The van der Waals surface area contributed by atoms with E-state index in [9.17, 15) is 26.4 Å². The van der Waals surface area contributed by atoms with E-state index in [4.69, 9.17) is 22.5 Å². The molecule has 1 fully saturated rings. The van der Waals surface area contributed by atoms with Crippen LogP contribution < -0.4 is 10.6 Å². The Morgan fingerprint density at radius 2 is 1.81 bits per heavy atom. The number of ketones is 1. The van der Waals surface area contributed by atoms with Crippen LogP contribution in [-0.4, -0.2) is 60.8 Å². The van der Waals surface area contributed by atoms with Gasteiger partial charge in [0.05, 0.1) is 43.7 Å². The Balaban J connectivity index is 1.78. The quantitative estimate of drug-likeness (QED) is 0.220. The van der Waals surface area contributed by atoms with E-state index in [2.05, 4.69) is 0 Å². The molecule has 0 atom stereocenters. The molecule has 36 heavy (non-hydrogen) atoms. The summed E-state index contributed by atoms with van der Waals surface area (Å²) in [5, 5.41) is -0.285. The molecule has 12 heteroatoms. The smallest absolute Gasteiger partial charge is 0.376 e. The predicted octanol–water partition coefficient (Wildman–Crippen LogP) is 4.40. The summed E-state index contributed by atoms with van der Waals surface area (Å²) >= 11 is 5.08. The van der Waals surface area contributed by atoms with E-state index >= 15 is 0 Å². The van der Waals surface area contributed by atoms with Crippen LogP contribution in [0.5, 0.6) is 0 Å². The van der Waals surface area contributed by atoms with Crippen molar-refractivity contribution in [1.82, 2.24) is 0 Å². The van der Waals surface area contributed by atoms with Gasteiger partial charge in [-0.15, -0.1) is 0 Å². The highest BCUT2D eigenvalue weighted by atomic mass is 32.2. The monoisotopic (exact) mass is 544 g/mol. The largest absolute Gasteiger partial charge is 0.418 e. The lowest BCUT2D eigenvalue weighted by atomic mass is 9.87. The summed E-state index contributed by atoms with van der Waals surface area (Å²) < 4.78 is 72.4. The number of halogens is 3. The average Bonchev–Trinajstić information content (AvgIpc) is 2.78. The first-order valence-electron chi connectivity index (χ1n) is 11.4. The highest BCUT2D eigenvalue weighted by Gasteiger charge is 2.36. The van der Waals surface area contributed by atoms with E-state index < -0.39 is 21.9 Å². The van der Waals surface area contributed by atoms with Crippen LogP contribution in [0.4, 0.5) is 24.5 Å². The molecule has 2 aromatic carbocycles. The maximum atomic E-state index is 13.6. The lowest BCUT2D eigenvalue weighted by Crippen LogP contribution is -2.51. The number of para-hydroxylation sites is 1. The van der Waals surface area contributed by atoms with Crippen LogP contribution in [0.25, 0.3) is 0 Å². The third-order valence-electron chi connectivity index (χ3n) is 6.57. The number of carbonyl (C=O) groups is 1. The number of hydrogen-bond acceptors (Lipinski definition) is 4. The Bertz CT molecular complexity index is 1230. The minimum absolute atomic E-state index is 0.118. The van der Waals surface area contributed by atoms with Crippen molar-refractivity contribution in [3.05, 3.63) is 59.7 Å². The minimum atomic E-state index is -4.62. The molecule has 1 heterocycles. The molecule has 1 aliphatic heterocycles. The SMILES string of the molecule is C[N+]1(CCCS(=O)(=O)O)CCC(C(=O)c2cccc(N(C(N)=S)c3ccccc3C(F)(F)F)c2)CC1. The highest BCUT2D eigenvalue weighted by molar-refractivity contribution is 7.85. The third-order valence-corrected chi connectivity index (χ3v) is 7.55. The number of nitrogens with two attached hydrogens (primary N) is 1. The van der Waals surface area contributed by atoms with Gasteiger partial charge in [-0.2, -0.15) is 21.6 Å². The first-order chi connectivity index (χ1) is 16.7. The summed E-state index contributed by atoms with van der Waals surface area (Å²) in [5.74, 6) is -0.686. The molecule has 7 nitrogen and oxygen atoms in total. The fourth-order valence-electron chi connectivity index (χ4n) is 4.63. The van der Waals surface area contributed by atoms with Gasteiger partial charge in [0.2, 0.25) is 0 Å². The molecule has 0 radical (unpaired) electrons. The number of Topliss-reactive ketones (excluding diaryl/α,β-unsaturated/α-hetero) is 1. The number of piperidine rings is 1. The number of likely N-dealkylation sites (tertiary alicyclic amines) is 1. The highest BCUT2D eigenvalue weighted by Crippen LogP contribution is 2.39. The summed E-state index contributed by atoms with van der Waals surface area (Å²) in [4.78, 5) is 14.4. The predicted molar refractivity (Wildman–Crippen MR) is 136 cm³/mol. The summed E-state index contributed by atoms with van der Waals surface area (Å²) in [5.41, 5.74) is 5.32. The van der Waals surface area contributed by atoms with Crippen molar-refractivity contribution >= 4 is 44.6 Å². The van der Waals surface area contributed by atoms with E-state index in [1.54, 1.807) is 18.2 Å². The lowest BCUT2D eigenvalue weighted by molar-refractivity contribution is -0.914. The molecule has 3 N–H and O–H groups in total. The molecule has 0 aromatic heterocycles. The number of carbonyl (C=O) groups excluding carboxylic acids is 1. The second kappa shape index (κ2) is 10.8. The molecular formula is C24H29F3N3O4S2+. The topological polar surface area (TPSA) is 101 Å². The van der Waals surface area contributed by atoms with Crippen LogP contribution in [-0.2, 0) is 16.3 Å². The zero-order chi connectivity index (χ0) is 26.7. The molecule has 0 aliphatic carbocycles. The van der Waals surface area contributed by atoms with Crippen LogP contribution in [0.1, 0.15) is 35.2 Å². The van der Waals surface area contributed by atoms with Crippen molar-refractivity contribution in [3.63, 3.8) is 0 Å². The minimum Gasteiger partial charge on any atom is -0.376 e. The second-order valence-electron chi connectivity index (χ2n) is 9.31. The van der Waals surface area contributed by atoms with Crippen LogP contribution >= 0.6 is 12.2 Å². The van der Waals surface area contributed by atoms with Crippen molar-refractivity contribution in [2.75, 3.05) is 37.3 Å². The van der Waals surface area contributed by atoms with E-state index in [0.717, 1.165) is 11.0 Å². The zero-order valence-electron chi connectivity index (χ0n) is 19.7. The molecule has 3 rings (SSSR count). The van der Waals surface area contributed by atoms with Gasteiger partial charge in [0.25, 0.3) is 10.1 Å². The lowest BCUT2D eigenvalue weighted by Gasteiger charge is -2.40. The van der Waals surface area contributed by atoms with Crippen molar-refractivity contribution in [3.8, 4) is 0 Å². The Morgan fingerprint density at radius 1 is 1.17 bits per heavy atom. The fraction of sp³-hybridized carbons (Fsp3) is 0.417. The molecule has 2 aromatic rings. The first-order valence-corrected chi connectivity index (χ1v) is 13.4. The molecule has 0 spiro atoms. The van der Waals surface area contributed by atoms with Gasteiger partial charge >= 0.3 is 6.18 Å². The van der Waals surface area contributed by atoms with Gasteiger partial charge in [-0.05, 0) is 36.5 Å². The maximum absolute atomic E-state index is 13.6.